The Morgan fingerprint density at radius 3 is 2.37 bits per heavy atom. The van der Waals surface area contributed by atoms with Gasteiger partial charge >= 0.3 is 0 Å². The molecule has 3 aromatic carbocycles. The SMILES string of the molecule is COc1ccc([Si](C)(C)C(CCn2cc(C(CO)c3ccccc3)nn2)[C@H]2Oc3ccccc3[C@@H](OC)[C@@H]2C)cc1. The summed E-state index contributed by atoms with van der Waals surface area (Å²) in [5.41, 5.74) is 3.17. The maximum absolute atomic E-state index is 10.1. The van der Waals surface area contributed by atoms with Gasteiger partial charge in [0.25, 0.3) is 0 Å². The summed E-state index contributed by atoms with van der Waals surface area (Å²) < 4.78 is 20.3. The van der Waals surface area contributed by atoms with Crippen molar-refractivity contribution in [1.82, 2.24) is 15.0 Å². The number of hydrogen-bond acceptors (Lipinski definition) is 6. The maximum atomic E-state index is 10.1. The first-order chi connectivity index (χ1) is 19.9. The van der Waals surface area contributed by atoms with E-state index in [2.05, 4.69) is 66.7 Å². The number of nitrogens with zero attached hydrogens (tertiary/aromatic N) is 3. The summed E-state index contributed by atoms with van der Waals surface area (Å²) in [7, 11) is 1.39. The molecule has 0 bridgehead atoms. The molecule has 0 amide bonds. The third-order valence-corrected chi connectivity index (χ3v) is 13.2. The molecule has 8 heteroatoms. The summed E-state index contributed by atoms with van der Waals surface area (Å²) in [6, 6.07) is 26.8. The molecule has 0 saturated carbocycles. The van der Waals surface area contributed by atoms with Gasteiger partial charge in [0.15, 0.2) is 0 Å². The fourth-order valence-corrected chi connectivity index (χ4v) is 9.90. The molecule has 0 saturated heterocycles. The fraction of sp³-hybridized carbons (Fsp3) is 0.394. The van der Waals surface area contributed by atoms with E-state index >= 15 is 0 Å². The zero-order chi connectivity index (χ0) is 29.0. The Morgan fingerprint density at radius 1 is 0.976 bits per heavy atom. The Kier molecular flexibility index (Phi) is 8.92. The molecular formula is C33H41N3O4Si. The third-order valence-electron chi connectivity index (χ3n) is 8.86. The van der Waals surface area contributed by atoms with Gasteiger partial charge in [-0.15, -0.1) is 5.10 Å². The molecule has 2 heterocycles. The van der Waals surface area contributed by atoms with Gasteiger partial charge in [0, 0.05) is 31.3 Å². The van der Waals surface area contributed by atoms with Crippen molar-refractivity contribution in [3.8, 4) is 11.5 Å². The van der Waals surface area contributed by atoms with E-state index in [-0.39, 0.29) is 36.2 Å². The normalized spacial score (nSPS) is 20.1. The molecular weight excluding hydrogens is 530 g/mol. The molecule has 1 aliphatic rings. The highest BCUT2D eigenvalue weighted by molar-refractivity contribution is 6.91. The average Bonchev–Trinajstić information content (AvgIpc) is 3.47. The van der Waals surface area contributed by atoms with Gasteiger partial charge in [-0.2, -0.15) is 0 Å². The summed E-state index contributed by atoms with van der Waals surface area (Å²) in [5.74, 6) is 1.72. The number of para-hydroxylation sites is 1. The molecule has 41 heavy (non-hydrogen) atoms. The predicted octanol–water partition coefficient (Wildman–Crippen LogP) is 5.57. The minimum atomic E-state index is -2.10. The Morgan fingerprint density at radius 2 is 1.68 bits per heavy atom. The van der Waals surface area contributed by atoms with Crippen LogP contribution in [-0.4, -0.2) is 55.1 Å². The first-order valence-corrected chi connectivity index (χ1v) is 17.4. The van der Waals surface area contributed by atoms with Crippen molar-refractivity contribution in [2.75, 3.05) is 20.8 Å². The van der Waals surface area contributed by atoms with Crippen molar-refractivity contribution in [3.05, 3.63) is 102 Å². The zero-order valence-electron chi connectivity index (χ0n) is 24.6. The molecule has 7 nitrogen and oxygen atoms in total. The first-order valence-electron chi connectivity index (χ1n) is 14.4. The lowest BCUT2D eigenvalue weighted by atomic mass is 9.86. The molecule has 0 spiro atoms. The molecule has 4 aromatic rings. The lowest BCUT2D eigenvalue weighted by Crippen LogP contribution is -2.54. The number of methoxy groups -OCH3 is 2. The highest BCUT2D eigenvalue weighted by atomic mass is 28.3. The Hall–Kier alpha value is -3.46. The second kappa shape index (κ2) is 12.6. The van der Waals surface area contributed by atoms with Crippen LogP contribution in [0.4, 0.5) is 0 Å². The molecule has 1 aromatic heterocycles. The number of aliphatic hydroxyl groups excluding tert-OH is 1. The number of benzene rings is 3. The smallest absolute Gasteiger partial charge is 0.125 e. The molecule has 2 unspecified atom stereocenters. The lowest BCUT2D eigenvalue weighted by Gasteiger charge is -2.45. The number of aromatic nitrogens is 3. The van der Waals surface area contributed by atoms with Gasteiger partial charge in [-0.05, 0) is 35.7 Å². The van der Waals surface area contributed by atoms with E-state index in [1.165, 1.54) is 5.19 Å². The Labute approximate surface area is 244 Å². The second-order valence-electron chi connectivity index (χ2n) is 11.5. The molecule has 0 fully saturated rings. The summed E-state index contributed by atoms with van der Waals surface area (Å²) in [4.78, 5) is 0. The van der Waals surface area contributed by atoms with E-state index < -0.39 is 8.07 Å². The number of ether oxygens (including phenoxy) is 3. The Bertz CT molecular complexity index is 1410. The summed E-state index contributed by atoms with van der Waals surface area (Å²) in [6.45, 7) is 7.79. The topological polar surface area (TPSA) is 78.6 Å². The van der Waals surface area contributed by atoms with Crippen molar-refractivity contribution in [1.29, 1.82) is 0 Å². The Balaban J connectivity index is 1.45. The zero-order valence-corrected chi connectivity index (χ0v) is 25.6. The number of aryl methyl sites for hydroxylation is 1. The van der Waals surface area contributed by atoms with E-state index in [4.69, 9.17) is 14.2 Å². The minimum Gasteiger partial charge on any atom is -0.497 e. The van der Waals surface area contributed by atoms with Crippen molar-refractivity contribution >= 4 is 13.3 Å². The predicted molar refractivity (Wildman–Crippen MR) is 164 cm³/mol. The van der Waals surface area contributed by atoms with Crippen LogP contribution in [0.5, 0.6) is 11.5 Å². The number of hydrogen-bond donors (Lipinski definition) is 1. The maximum Gasteiger partial charge on any atom is 0.125 e. The van der Waals surface area contributed by atoms with Crippen LogP contribution in [0, 0.1) is 5.92 Å². The molecule has 0 radical (unpaired) electrons. The van der Waals surface area contributed by atoms with Gasteiger partial charge < -0.3 is 19.3 Å². The fourth-order valence-electron chi connectivity index (χ4n) is 6.40. The van der Waals surface area contributed by atoms with Gasteiger partial charge in [-0.3, -0.25) is 4.68 Å². The van der Waals surface area contributed by atoms with Gasteiger partial charge in [-0.1, -0.05) is 91.1 Å². The molecule has 5 rings (SSSR count). The first kappa shape index (κ1) is 29.0. The van der Waals surface area contributed by atoms with Crippen LogP contribution in [0.1, 0.15) is 42.2 Å². The van der Waals surface area contributed by atoms with Gasteiger partial charge in [-0.25, -0.2) is 0 Å². The van der Waals surface area contributed by atoms with Crippen LogP contribution in [-0.2, 0) is 11.3 Å². The van der Waals surface area contributed by atoms with Crippen LogP contribution >= 0.6 is 0 Å². The van der Waals surface area contributed by atoms with Crippen LogP contribution < -0.4 is 14.7 Å². The number of fused-ring (bicyclic) bond motifs is 1. The van der Waals surface area contributed by atoms with E-state index in [0.717, 1.165) is 34.7 Å². The lowest BCUT2D eigenvalue weighted by molar-refractivity contribution is -0.0234. The molecule has 1 N–H and O–H groups in total. The monoisotopic (exact) mass is 571 g/mol. The molecule has 216 valence electrons. The molecule has 1 aliphatic heterocycles. The van der Waals surface area contributed by atoms with Crippen molar-refractivity contribution < 1.29 is 19.3 Å². The summed E-state index contributed by atoms with van der Waals surface area (Å²) in [6.07, 6.45) is 2.78. The van der Waals surface area contributed by atoms with Crippen LogP contribution in [0.15, 0.2) is 85.1 Å². The minimum absolute atomic E-state index is 0.0199. The summed E-state index contributed by atoms with van der Waals surface area (Å²) >= 11 is 0. The van der Waals surface area contributed by atoms with Gasteiger partial charge in [0.2, 0.25) is 0 Å². The highest BCUT2D eigenvalue weighted by Gasteiger charge is 2.47. The number of rotatable bonds is 11. The van der Waals surface area contributed by atoms with E-state index in [0.29, 0.717) is 6.54 Å². The van der Waals surface area contributed by atoms with Crippen LogP contribution in [0.2, 0.25) is 18.6 Å². The van der Waals surface area contributed by atoms with Gasteiger partial charge in [0.05, 0.1) is 39.5 Å². The standard InChI is InChI=1S/C33H41N3O4Si/c1-23-32(39-3)27-13-9-10-14-30(27)40-33(23)31(41(4,5)26-17-15-25(38-2)16-18-26)19-20-36-21-29(34-35-36)28(22-37)24-11-7-6-8-12-24/h6-18,21,23,28,31-33,37H,19-20,22H2,1-5H3/t23-,28?,31?,32-,33-/m0/s1. The quantitative estimate of drug-likeness (QED) is 0.237. The second-order valence-corrected chi connectivity index (χ2v) is 16.3. The largest absolute Gasteiger partial charge is 0.497 e. The summed E-state index contributed by atoms with van der Waals surface area (Å²) in [5, 5.41) is 20.4. The van der Waals surface area contributed by atoms with Crippen molar-refractivity contribution in [2.24, 2.45) is 5.92 Å². The third kappa shape index (κ3) is 5.96. The van der Waals surface area contributed by atoms with Crippen LogP contribution in [0.25, 0.3) is 0 Å². The molecule has 5 atom stereocenters. The van der Waals surface area contributed by atoms with Crippen LogP contribution in [0.3, 0.4) is 0 Å². The average molecular weight is 572 g/mol. The van der Waals surface area contributed by atoms with E-state index in [9.17, 15) is 5.11 Å². The molecule has 0 aliphatic carbocycles. The van der Waals surface area contributed by atoms with Crippen molar-refractivity contribution in [3.63, 3.8) is 0 Å². The van der Waals surface area contributed by atoms with E-state index in [1.54, 1.807) is 14.2 Å². The van der Waals surface area contributed by atoms with Crippen molar-refractivity contribution in [2.45, 2.75) is 56.7 Å². The highest BCUT2D eigenvalue weighted by Crippen LogP contribution is 2.47. The number of aliphatic hydroxyl groups is 1. The van der Waals surface area contributed by atoms with Gasteiger partial charge in [0.1, 0.15) is 17.6 Å². The van der Waals surface area contributed by atoms with E-state index in [1.807, 2.05) is 53.3 Å².